The van der Waals surface area contributed by atoms with E-state index in [0.29, 0.717) is 19.4 Å². The Morgan fingerprint density at radius 1 is 1.10 bits per heavy atom. The van der Waals surface area contributed by atoms with Crippen molar-refractivity contribution in [3.8, 4) is 0 Å². The van der Waals surface area contributed by atoms with Crippen LogP contribution in [0.25, 0.3) is 0 Å². The molecule has 0 aliphatic heterocycles. The molecule has 5 heteroatoms. The summed E-state index contributed by atoms with van der Waals surface area (Å²) in [4.78, 5) is 27.1. The summed E-state index contributed by atoms with van der Waals surface area (Å²) in [5, 5.41) is 0. The molecule has 0 aromatic heterocycles. The van der Waals surface area contributed by atoms with Crippen molar-refractivity contribution in [1.29, 1.82) is 0 Å². The number of amides is 1. The Hall–Kier alpha value is -2.04. The zero-order chi connectivity index (χ0) is 15.3. The molecular formula is C16H23NO4. The molecule has 0 aliphatic carbocycles. The average molecular weight is 293 g/mol. The summed E-state index contributed by atoms with van der Waals surface area (Å²) in [5.74, 6) is -0.323. The predicted octanol–water partition coefficient (Wildman–Crippen LogP) is 3.38. The van der Waals surface area contributed by atoms with Crippen molar-refractivity contribution in [1.82, 2.24) is 5.48 Å². The number of hydroxylamine groups is 1. The first-order valence-electron chi connectivity index (χ1n) is 7.38. The summed E-state index contributed by atoms with van der Waals surface area (Å²) < 4.78 is 4.79. The molecule has 0 heterocycles. The highest BCUT2D eigenvalue weighted by Crippen LogP contribution is 2.04. The van der Waals surface area contributed by atoms with Gasteiger partial charge in [-0.25, -0.2) is 4.79 Å². The van der Waals surface area contributed by atoms with Crippen molar-refractivity contribution in [2.75, 3.05) is 6.61 Å². The molecule has 0 aliphatic rings. The zero-order valence-corrected chi connectivity index (χ0v) is 12.5. The molecule has 1 N–H and O–H groups in total. The Kier molecular flexibility index (Phi) is 8.68. The van der Waals surface area contributed by atoms with Gasteiger partial charge in [0.05, 0.1) is 6.61 Å². The Morgan fingerprint density at radius 3 is 2.57 bits per heavy atom. The fourth-order valence-electron chi connectivity index (χ4n) is 1.78. The number of carbonyl (C=O) groups is 2. The Morgan fingerprint density at radius 2 is 1.86 bits per heavy atom. The van der Waals surface area contributed by atoms with Crippen LogP contribution in [-0.2, 0) is 20.8 Å². The first kappa shape index (κ1) is 17.0. The molecule has 0 unspecified atom stereocenters. The number of nitrogens with one attached hydrogen (secondary N) is 1. The molecule has 1 amide bonds. The molecular weight excluding hydrogens is 270 g/mol. The molecule has 0 bridgehead atoms. The van der Waals surface area contributed by atoms with Gasteiger partial charge >= 0.3 is 6.16 Å². The smallest absolute Gasteiger partial charge is 0.433 e. The number of hydrogen-bond acceptors (Lipinski definition) is 4. The highest BCUT2D eigenvalue weighted by molar-refractivity contribution is 5.76. The minimum atomic E-state index is -0.859. The Balaban J connectivity index is 2.04. The van der Waals surface area contributed by atoms with Gasteiger partial charge in [-0.05, 0) is 24.8 Å². The normalized spacial score (nSPS) is 9.95. The molecule has 21 heavy (non-hydrogen) atoms. The standard InChI is InChI=1S/C16H23NO4/c1-2-3-7-13-20-16(19)21-17-15(18)12-8-11-14-9-5-4-6-10-14/h4-6,9-10H,2-3,7-8,11-13H2,1H3,(H,17,18). The second-order valence-corrected chi connectivity index (χ2v) is 4.77. The Labute approximate surface area is 125 Å². The number of carbonyl (C=O) groups excluding carboxylic acids is 2. The van der Waals surface area contributed by atoms with Gasteiger partial charge in [-0.15, -0.1) is 0 Å². The van der Waals surface area contributed by atoms with Gasteiger partial charge in [0.2, 0.25) is 0 Å². The molecule has 1 aromatic rings. The number of benzene rings is 1. The zero-order valence-electron chi connectivity index (χ0n) is 12.5. The molecule has 0 saturated carbocycles. The average Bonchev–Trinajstić information content (AvgIpc) is 2.50. The van der Waals surface area contributed by atoms with Gasteiger partial charge in [-0.3, -0.25) is 4.79 Å². The molecule has 0 spiro atoms. The lowest BCUT2D eigenvalue weighted by atomic mass is 10.1. The molecule has 0 fully saturated rings. The van der Waals surface area contributed by atoms with Crippen LogP contribution >= 0.6 is 0 Å². The largest absolute Gasteiger partial charge is 0.533 e. The second-order valence-electron chi connectivity index (χ2n) is 4.77. The van der Waals surface area contributed by atoms with Gasteiger partial charge in [0.15, 0.2) is 0 Å². The topological polar surface area (TPSA) is 64.6 Å². The number of aryl methyl sites for hydroxylation is 1. The Bertz CT molecular complexity index is 420. The number of hydrogen-bond donors (Lipinski definition) is 1. The SMILES string of the molecule is CCCCCOC(=O)ONC(=O)CCCc1ccccc1. The van der Waals surface area contributed by atoms with Crippen LogP contribution in [0.15, 0.2) is 30.3 Å². The van der Waals surface area contributed by atoms with E-state index in [1.807, 2.05) is 30.3 Å². The van der Waals surface area contributed by atoms with Crippen molar-refractivity contribution in [3.05, 3.63) is 35.9 Å². The van der Waals surface area contributed by atoms with Gasteiger partial charge < -0.3 is 9.57 Å². The fraction of sp³-hybridized carbons (Fsp3) is 0.500. The first-order chi connectivity index (χ1) is 10.2. The van der Waals surface area contributed by atoms with E-state index in [9.17, 15) is 9.59 Å². The quantitative estimate of drug-likeness (QED) is 0.453. The molecule has 1 aromatic carbocycles. The van der Waals surface area contributed by atoms with Gasteiger partial charge in [0.25, 0.3) is 5.91 Å². The monoisotopic (exact) mass is 293 g/mol. The summed E-state index contributed by atoms with van der Waals surface area (Å²) in [6.07, 6.45) is 3.81. The summed E-state index contributed by atoms with van der Waals surface area (Å²) in [5.41, 5.74) is 3.28. The summed E-state index contributed by atoms with van der Waals surface area (Å²) in [7, 11) is 0. The minimum absolute atomic E-state index is 0.304. The predicted molar refractivity (Wildman–Crippen MR) is 79.5 cm³/mol. The van der Waals surface area contributed by atoms with Gasteiger partial charge in [-0.1, -0.05) is 50.1 Å². The van der Waals surface area contributed by atoms with Crippen molar-refractivity contribution < 1.29 is 19.2 Å². The third-order valence-corrected chi connectivity index (χ3v) is 2.93. The lowest BCUT2D eigenvalue weighted by Crippen LogP contribution is -2.27. The van der Waals surface area contributed by atoms with Crippen LogP contribution in [0.3, 0.4) is 0 Å². The van der Waals surface area contributed by atoms with Crippen LogP contribution in [0.2, 0.25) is 0 Å². The molecule has 0 radical (unpaired) electrons. The third-order valence-electron chi connectivity index (χ3n) is 2.93. The van der Waals surface area contributed by atoms with Crippen molar-refractivity contribution in [2.24, 2.45) is 0 Å². The van der Waals surface area contributed by atoms with E-state index in [-0.39, 0.29) is 5.91 Å². The van der Waals surface area contributed by atoms with Crippen molar-refractivity contribution in [3.63, 3.8) is 0 Å². The summed E-state index contributed by atoms with van der Waals surface area (Å²) in [6, 6.07) is 9.92. The van der Waals surface area contributed by atoms with Crippen LogP contribution in [-0.4, -0.2) is 18.7 Å². The fourth-order valence-corrected chi connectivity index (χ4v) is 1.78. The molecule has 116 valence electrons. The highest BCUT2D eigenvalue weighted by Gasteiger charge is 2.07. The van der Waals surface area contributed by atoms with Crippen LogP contribution in [0, 0.1) is 0 Å². The maximum Gasteiger partial charge on any atom is 0.533 e. The molecule has 0 atom stereocenters. The van der Waals surface area contributed by atoms with E-state index in [4.69, 9.17) is 4.74 Å². The van der Waals surface area contributed by atoms with Crippen molar-refractivity contribution >= 4 is 12.1 Å². The van der Waals surface area contributed by atoms with E-state index in [1.165, 1.54) is 5.56 Å². The minimum Gasteiger partial charge on any atom is -0.433 e. The van der Waals surface area contributed by atoms with E-state index < -0.39 is 6.16 Å². The van der Waals surface area contributed by atoms with Gasteiger partial charge in [0.1, 0.15) is 0 Å². The lowest BCUT2D eigenvalue weighted by Gasteiger charge is -2.06. The number of unbranched alkanes of at least 4 members (excludes halogenated alkanes) is 2. The lowest BCUT2D eigenvalue weighted by molar-refractivity contribution is -0.131. The van der Waals surface area contributed by atoms with Crippen LogP contribution in [0.4, 0.5) is 4.79 Å². The van der Waals surface area contributed by atoms with E-state index >= 15 is 0 Å². The van der Waals surface area contributed by atoms with Crippen LogP contribution in [0.5, 0.6) is 0 Å². The summed E-state index contributed by atoms with van der Waals surface area (Å²) in [6.45, 7) is 2.38. The van der Waals surface area contributed by atoms with Crippen LogP contribution in [0.1, 0.15) is 44.6 Å². The van der Waals surface area contributed by atoms with Crippen LogP contribution < -0.4 is 5.48 Å². The third kappa shape index (κ3) is 8.68. The molecule has 1 rings (SSSR count). The van der Waals surface area contributed by atoms with E-state index in [1.54, 1.807) is 0 Å². The number of rotatable bonds is 8. The maximum absolute atomic E-state index is 11.5. The van der Waals surface area contributed by atoms with E-state index in [2.05, 4.69) is 17.2 Å². The second kappa shape index (κ2) is 10.7. The summed E-state index contributed by atoms with van der Waals surface area (Å²) >= 11 is 0. The highest BCUT2D eigenvalue weighted by atomic mass is 16.8. The van der Waals surface area contributed by atoms with Gasteiger partial charge in [-0.2, -0.15) is 5.48 Å². The first-order valence-corrected chi connectivity index (χ1v) is 7.38. The molecule has 0 saturated heterocycles. The number of ether oxygens (including phenoxy) is 1. The maximum atomic E-state index is 11.5. The van der Waals surface area contributed by atoms with Gasteiger partial charge in [0, 0.05) is 6.42 Å². The molecule has 5 nitrogen and oxygen atoms in total. The van der Waals surface area contributed by atoms with Crippen molar-refractivity contribution in [2.45, 2.75) is 45.4 Å². The van der Waals surface area contributed by atoms with E-state index in [0.717, 1.165) is 25.7 Å².